The van der Waals surface area contributed by atoms with E-state index in [1.54, 1.807) is 4.90 Å². The van der Waals surface area contributed by atoms with E-state index in [0.29, 0.717) is 32.5 Å². The van der Waals surface area contributed by atoms with Gasteiger partial charge in [0.15, 0.2) is 11.2 Å². The number of aryl methyl sites for hydroxylation is 1. The number of carbonyl (C=O) groups excluding carboxylic acids is 1. The SMILES string of the molecule is O=CCc1cn(CCF)c2c(F)c(N3CCNCC3)c(F)cc2c1=O. The molecule has 2 aromatic rings. The monoisotopic (exact) mass is 353 g/mol. The fourth-order valence-corrected chi connectivity index (χ4v) is 3.22. The van der Waals surface area contributed by atoms with E-state index in [0.717, 1.165) is 6.07 Å². The Hall–Kier alpha value is -2.35. The third-order valence-electron chi connectivity index (χ3n) is 4.37. The molecule has 0 bridgehead atoms. The predicted octanol–water partition coefficient (Wildman–Crippen LogP) is 1.40. The van der Waals surface area contributed by atoms with E-state index in [9.17, 15) is 18.4 Å². The summed E-state index contributed by atoms with van der Waals surface area (Å²) >= 11 is 0. The zero-order valence-corrected chi connectivity index (χ0v) is 13.5. The van der Waals surface area contributed by atoms with Gasteiger partial charge in [0.2, 0.25) is 0 Å². The van der Waals surface area contributed by atoms with Crippen molar-refractivity contribution in [2.24, 2.45) is 0 Å². The number of carbonyl (C=O) groups is 1. The highest BCUT2D eigenvalue weighted by molar-refractivity contribution is 5.85. The minimum atomic E-state index is -0.875. The van der Waals surface area contributed by atoms with Gasteiger partial charge >= 0.3 is 0 Å². The molecule has 8 heteroatoms. The third kappa shape index (κ3) is 3.13. The van der Waals surface area contributed by atoms with Crippen molar-refractivity contribution in [1.82, 2.24) is 9.88 Å². The van der Waals surface area contributed by atoms with Crippen LogP contribution in [-0.4, -0.2) is 43.7 Å². The molecule has 2 heterocycles. The predicted molar refractivity (Wildman–Crippen MR) is 88.9 cm³/mol. The molecule has 1 saturated heterocycles. The average Bonchev–Trinajstić information content (AvgIpc) is 2.60. The van der Waals surface area contributed by atoms with Crippen LogP contribution in [0, 0.1) is 11.6 Å². The molecule has 0 saturated carbocycles. The van der Waals surface area contributed by atoms with Crippen LogP contribution < -0.4 is 15.6 Å². The van der Waals surface area contributed by atoms with Gasteiger partial charge in [-0.1, -0.05) is 0 Å². The smallest absolute Gasteiger partial charge is 0.193 e. The molecule has 1 aliphatic heterocycles. The van der Waals surface area contributed by atoms with Crippen molar-refractivity contribution in [3.63, 3.8) is 0 Å². The highest BCUT2D eigenvalue weighted by atomic mass is 19.1. The van der Waals surface area contributed by atoms with Crippen LogP contribution in [0.25, 0.3) is 10.9 Å². The highest BCUT2D eigenvalue weighted by Gasteiger charge is 2.24. The number of rotatable bonds is 5. The largest absolute Gasteiger partial charge is 0.364 e. The van der Waals surface area contributed by atoms with Crippen LogP contribution in [0.15, 0.2) is 17.1 Å². The zero-order chi connectivity index (χ0) is 18.0. The van der Waals surface area contributed by atoms with Crippen LogP contribution in [0.4, 0.5) is 18.9 Å². The van der Waals surface area contributed by atoms with E-state index in [2.05, 4.69) is 5.32 Å². The lowest BCUT2D eigenvalue weighted by molar-refractivity contribution is -0.107. The average molecular weight is 353 g/mol. The number of fused-ring (bicyclic) bond motifs is 1. The maximum Gasteiger partial charge on any atom is 0.193 e. The summed E-state index contributed by atoms with van der Waals surface area (Å²) in [6.07, 6.45) is 1.62. The van der Waals surface area contributed by atoms with E-state index in [4.69, 9.17) is 0 Å². The van der Waals surface area contributed by atoms with Crippen molar-refractivity contribution in [3.05, 3.63) is 39.7 Å². The molecule has 3 rings (SSSR count). The lowest BCUT2D eigenvalue weighted by Crippen LogP contribution is -2.44. The number of nitrogens with zero attached hydrogens (tertiary/aromatic N) is 2. The van der Waals surface area contributed by atoms with Crippen molar-refractivity contribution >= 4 is 22.9 Å². The Morgan fingerprint density at radius 1 is 1.24 bits per heavy atom. The van der Waals surface area contributed by atoms with Crippen LogP contribution in [-0.2, 0) is 17.8 Å². The molecule has 0 spiro atoms. The number of nitrogens with one attached hydrogen (secondary N) is 1. The number of aromatic nitrogens is 1. The van der Waals surface area contributed by atoms with Crippen molar-refractivity contribution in [2.75, 3.05) is 37.8 Å². The van der Waals surface area contributed by atoms with Gasteiger partial charge in [0.1, 0.15) is 24.5 Å². The van der Waals surface area contributed by atoms with Crippen LogP contribution in [0.3, 0.4) is 0 Å². The molecule has 25 heavy (non-hydrogen) atoms. The summed E-state index contributed by atoms with van der Waals surface area (Å²) in [6, 6.07) is 0.987. The van der Waals surface area contributed by atoms with Gasteiger partial charge in [-0.3, -0.25) is 4.79 Å². The van der Waals surface area contributed by atoms with Crippen molar-refractivity contribution in [3.8, 4) is 0 Å². The van der Waals surface area contributed by atoms with Crippen LogP contribution >= 0.6 is 0 Å². The number of aldehydes is 1. The lowest BCUT2D eigenvalue weighted by Gasteiger charge is -2.30. The Morgan fingerprint density at radius 2 is 1.96 bits per heavy atom. The molecule has 1 aromatic heterocycles. The molecule has 0 amide bonds. The van der Waals surface area contributed by atoms with Crippen LogP contribution in [0.2, 0.25) is 0 Å². The fraction of sp³-hybridized carbons (Fsp3) is 0.412. The van der Waals surface area contributed by atoms with E-state index < -0.39 is 23.7 Å². The third-order valence-corrected chi connectivity index (χ3v) is 4.37. The number of benzene rings is 1. The van der Waals surface area contributed by atoms with Gasteiger partial charge in [-0.05, 0) is 6.07 Å². The number of halogens is 3. The number of anilines is 1. The van der Waals surface area contributed by atoms with Crippen molar-refractivity contribution in [2.45, 2.75) is 13.0 Å². The molecular weight excluding hydrogens is 335 g/mol. The second-order valence-electron chi connectivity index (χ2n) is 5.89. The first kappa shape index (κ1) is 17.5. The minimum absolute atomic E-state index is 0.0877. The quantitative estimate of drug-likeness (QED) is 0.826. The molecule has 134 valence electrons. The molecule has 1 aliphatic rings. The molecule has 1 N–H and O–H groups in total. The molecule has 1 fully saturated rings. The van der Waals surface area contributed by atoms with E-state index in [1.807, 2.05) is 0 Å². The zero-order valence-electron chi connectivity index (χ0n) is 13.5. The number of hydrogen-bond donors (Lipinski definition) is 1. The maximum atomic E-state index is 15.1. The molecule has 0 atom stereocenters. The van der Waals surface area contributed by atoms with Gasteiger partial charge < -0.3 is 19.6 Å². The summed E-state index contributed by atoms with van der Waals surface area (Å²) in [6.45, 7) is 1.06. The molecule has 5 nitrogen and oxygen atoms in total. The fourth-order valence-electron chi connectivity index (χ4n) is 3.22. The number of piperazine rings is 1. The lowest BCUT2D eigenvalue weighted by atomic mass is 10.1. The Balaban J connectivity index is 2.29. The van der Waals surface area contributed by atoms with E-state index >= 15 is 4.39 Å². The number of alkyl halides is 1. The van der Waals surface area contributed by atoms with Gasteiger partial charge in [0.05, 0.1) is 17.4 Å². The number of pyridine rings is 1. The topological polar surface area (TPSA) is 54.3 Å². The van der Waals surface area contributed by atoms with Crippen molar-refractivity contribution in [1.29, 1.82) is 0 Å². The normalized spacial score (nSPS) is 14.9. The Bertz CT molecular complexity index is 861. The van der Waals surface area contributed by atoms with Crippen molar-refractivity contribution < 1.29 is 18.0 Å². The maximum absolute atomic E-state index is 15.1. The van der Waals surface area contributed by atoms with Gasteiger partial charge in [0.25, 0.3) is 0 Å². The number of hydrogen-bond acceptors (Lipinski definition) is 4. The standard InChI is InChI=1S/C17H18F3N3O2/c18-2-5-23-10-11(1-8-24)17(25)12-9-13(19)16(14(20)15(12)23)22-6-3-21-4-7-22/h8-10,21H,1-7H2. The summed E-state index contributed by atoms with van der Waals surface area (Å²) in [5.74, 6) is -1.71. The molecule has 1 aromatic carbocycles. The molecular formula is C17H18F3N3O2. The first-order chi connectivity index (χ1) is 12.1. The second-order valence-corrected chi connectivity index (χ2v) is 5.89. The Morgan fingerprint density at radius 3 is 2.60 bits per heavy atom. The van der Waals surface area contributed by atoms with Gasteiger partial charge in [-0.2, -0.15) is 0 Å². The van der Waals surface area contributed by atoms with Gasteiger partial charge in [-0.15, -0.1) is 0 Å². The summed E-state index contributed by atoms with van der Waals surface area (Å²) in [7, 11) is 0. The van der Waals surface area contributed by atoms with Gasteiger partial charge in [0, 0.05) is 44.4 Å². The highest BCUT2D eigenvalue weighted by Crippen LogP contribution is 2.30. The van der Waals surface area contributed by atoms with E-state index in [1.165, 1.54) is 10.8 Å². The first-order valence-electron chi connectivity index (χ1n) is 8.07. The summed E-state index contributed by atoms with van der Waals surface area (Å²) in [4.78, 5) is 24.8. The van der Waals surface area contributed by atoms with E-state index in [-0.39, 0.29) is 35.1 Å². The second kappa shape index (κ2) is 7.26. The summed E-state index contributed by atoms with van der Waals surface area (Å²) in [5.41, 5.74) is -0.858. The summed E-state index contributed by atoms with van der Waals surface area (Å²) in [5, 5.41) is 2.92. The molecule has 0 radical (unpaired) electrons. The van der Waals surface area contributed by atoms with Crippen LogP contribution in [0.5, 0.6) is 0 Å². The molecule has 0 unspecified atom stereocenters. The van der Waals surface area contributed by atoms with Crippen LogP contribution in [0.1, 0.15) is 5.56 Å². The van der Waals surface area contributed by atoms with Gasteiger partial charge in [-0.25, -0.2) is 13.2 Å². The minimum Gasteiger partial charge on any atom is -0.364 e. The Labute approximate surface area is 142 Å². The Kier molecular flexibility index (Phi) is 5.08. The first-order valence-corrected chi connectivity index (χ1v) is 8.07. The molecule has 0 aliphatic carbocycles. The summed E-state index contributed by atoms with van der Waals surface area (Å²) < 4.78 is 43.9.